The third-order valence-corrected chi connectivity index (χ3v) is 4.80. The molecule has 3 aromatic rings. The average molecular weight is 347 g/mol. The van der Waals surface area contributed by atoms with Gasteiger partial charge in [0.15, 0.2) is 5.69 Å². The van der Waals surface area contributed by atoms with Crippen molar-refractivity contribution in [1.82, 2.24) is 24.7 Å². The fraction of sp³-hybridized carbons (Fsp3) is 0.267. The van der Waals surface area contributed by atoms with Gasteiger partial charge in [0.05, 0.1) is 16.6 Å². The lowest BCUT2D eigenvalue weighted by molar-refractivity contribution is 0.0976. The molecule has 0 aliphatic carbocycles. The van der Waals surface area contributed by atoms with Gasteiger partial charge in [-0.1, -0.05) is 5.21 Å². The maximum Gasteiger partial charge on any atom is 0.287 e. The van der Waals surface area contributed by atoms with E-state index in [0.29, 0.717) is 0 Å². The lowest BCUT2D eigenvalue weighted by atomic mass is 10.1. The molecule has 0 fully saturated rings. The molecule has 24 heavy (non-hydrogen) atoms. The summed E-state index contributed by atoms with van der Waals surface area (Å²) in [6, 6.07) is 6.32. The molecule has 8 nitrogen and oxygen atoms in total. The van der Waals surface area contributed by atoms with E-state index in [9.17, 15) is 13.2 Å². The number of nitrogens with zero attached hydrogens (tertiary/aromatic N) is 3. The Kier molecular flexibility index (Phi) is 3.67. The van der Waals surface area contributed by atoms with E-state index in [1.807, 2.05) is 25.5 Å². The molecule has 1 amide bonds. The van der Waals surface area contributed by atoms with E-state index in [4.69, 9.17) is 0 Å². The van der Waals surface area contributed by atoms with Crippen LogP contribution in [0.25, 0.3) is 10.9 Å². The Morgan fingerprint density at radius 3 is 2.67 bits per heavy atom. The summed E-state index contributed by atoms with van der Waals surface area (Å²) in [6.07, 6.45) is 3.13. The topological polar surface area (TPSA) is 110 Å². The third kappa shape index (κ3) is 3.02. The second kappa shape index (κ2) is 5.45. The Morgan fingerprint density at radius 2 is 2.00 bits per heavy atom. The van der Waals surface area contributed by atoms with Gasteiger partial charge in [0.1, 0.15) is 0 Å². The Hall–Kier alpha value is -2.68. The van der Waals surface area contributed by atoms with Crippen LogP contribution in [0.2, 0.25) is 0 Å². The number of aromatic amines is 1. The van der Waals surface area contributed by atoms with E-state index in [-0.39, 0.29) is 16.1 Å². The zero-order valence-electron chi connectivity index (χ0n) is 13.4. The summed E-state index contributed by atoms with van der Waals surface area (Å²) in [4.78, 5) is 15.2. The van der Waals surface area contributed by atoms with Gasteiger partial charge in [-0.2, -0.15) is 0 Å². The fourth-order valence-electron chi connectivity index (χ4n) is 2.13. The minimum absolute atomic E-state index is 0.00571. The summed E-state index contributed by atoms with van der Waals surface area (Å²) in [5.41, 5.74) is 0.397. The molecule has 0 saturated heterocycles. The molecule has 126 valence electrons. The summed E-state index contributed by atoms with van der Waals surface area (Å²) in [5.74, 6) is -0.820. The van der Waals surface area contributed by atoms with Gasteiger partial charge in [0.2, 0.25) is 0 Å². The molecule has 3 rings (SSSR count). The van der Waals surface area contributed by atoms with Gasteiger partial charge in [-0.25, -0.2) is 17.8 Å². The summed E-state index contributed by atoms with van der Waals surface area (Å²) < 4.78 is 28.3. The van der Waals surface area contributed by atoms with Crippen LogP contribution in [0.1, 0.15) is 31.3 Å². The molecular weight excluding hydrogens is 330 g/mol. The van der Waals surface area contributed by atoms with Crippen LogP contribution in [-0.4, -0.2) is 34.3 Å². The van der Waals surface area contributed by atoms with Crippen LogP contribution in [0.3, 0.4) is 0 Å². The molecule has 0 atom stereocenters. The molecule has 0 unspecified atom stereocenters. The first-order valence-electron chi connectivity index (χ1n) is 7.24. The average Bonchev–Trinajstić information content (AvgIpc) is 3.14. The second-order valence-electron chi connectivity index (χ2n) is 6.38. The standard InChI is InChI=1S/C15H17N5O3S/c1-15(2,3)20-9-13(17-19-20)14(21)18-24(22,23)11-4-5-12-10(8-11)6-7-16-12/h4-9,16H,1-3H3,(H,18,21). The molecule has 2 heterocycles. The van der Waals surface area contributed by atoms with Gasteiger partial charge in [0.25, 0.3) is 15.9 Å². The number of amides is 1. The first-order chi connectivity index (χ1) is 11.2. The number of carbonyl (C=O) groups excluding carboxylic acids is 1. The lowest BCUT2D eigenvalue weighted by Crippen LogP contribution is -2.31. The predicted octanol–water partition coefficient (Wildman–Crippen LogP) is 1.63. The smallest absolute Gasteiger partial charge is 0.287 e. The van der Waals surface area contributed by atoms with Crippen LogP contribution in [0.4, 0.5) is 0 Å². The van der Waals surface area contributed by atoms with Crippen molar-refractivity contribution in [3.8, 4) is 0 Å². The molecule has 0 aliphatic heterocycles. The van der Waals surface area contributed by atoms with Crippen LogP contribution in [0, 0.1) is 0 Å². The Labute approximate surface area is 138 Å². The van der Waals surface area contributed by atoms with E-state index < -0.39 is 15.9 Å². The lowest BCUT2D eigenvalue weighted by Gasteiger charge is -2.17. The molecule has 1 aromatic carbocycles. The van der Waals surface area contributed by atoms with Crippen molar-refractivity contribution in [3.05, 3.63) is 42.4 Å². The van der Waals surface area contributed by atoms with Gasteiger partial charge in [0, 0.05) is 17.1 Å². The number of H-pyrrole nitrogens is 1. The number of hydrogen-bond donors (Lipinski definition) is 2. The van der Waals surface area contributed by atoms with E-state index in [1.165, 1.54) is 23.0 Å². The Morgan fingerprint density at radius 1 is 1.25 bits per heavy atom. The highest BCUT2D eigenvalue weighted by atomic mass is 32.2. The molecule has 0 radical (unpaired) electrons. The van der Waals surface area contributed by atoms with Gasteiger partial charge < -0.3 is 4.98 Å². The number of hydrogen-bond acceptors (Lipinski definition) is 5. The molecule has 2 aromatic heterocycles. The van der Waals surface area contributed by atoms with Crippen LogP contribution in [0.15, 0.2) is 41.6 Å². The summed E-state index contributed by atoms with van der Waals surface area (Å²) in [5, 5.41) is 8.33. The monoisotopic (exact) mass is 347 g/mol. The number of rotatable bonds is 3. The minimum atomic E-state index is -3.99. The number of sulfonamides is 1. The van der Waals surface area contributed by atoms with Gasteiger partial charge in [-0.15, -0.1) is 5.10 Å². The predicted molar refractivity (Wildman–Crippen MR) is 88.0 cm³/mol. The SMILES string of the molecule is CC(C)(C)n1cc(C(=O)NS(=O)(=O)c2ccc3[nH]ccc3c2)nn1. The molecule has 0 aliphatic rings. The first-order valence-corrected chi connectivity index (χ1v) is 8.72. The summed E-state index contributed by atoms with van der Waals surface area (Å²) in [7, 11) is -3.99. The molecular formula is C15H17N5O3S. The van der Waals surface area contributed by atoms with Gasteiger partial charge >= 0.3 is 0 Å². The van der Waals surface area contributed by atoms with Crippen molar-refractivity contribution in [2.45, 2.75) is 31.2 Å². The molecule has 2 N–H and O–H groups in total. The third-order valence-electron chi connectivity index (χ3n) is 3.48. The maximum atomic E-state index is 12.4. The zero-order valence-corrected chi connectivity index (χ0v) is 14.3. The highest BCUT2D eigenvalue weighted by Gasteiger charge is 2.23. The number of fused-ring (bicyclic) bond motifs is 1. The van der Waals surface area contributed by atoms with Crippen molar-refractivity contribution in [1.29, 1.82) is 0 Å². The Bertz CT molecular complexity index is 1010. The zero-order chi connectivity index (χ0) is 17.5. The van der Waals surface area contributed by atoms with Crippen LogP contribution in [0.5, 0.6) is 0 Å². The van der Waals surface area contributed by atoms with Crippen molar-refractivity contribution in [3.63, 3.8) is 0 Å². The van der Waals surface area contributed by atoms with E-state index in [0.717, 1.165) is 10.9 Å². The molecule has 0 bridgehead atoms. The van der Waals surface area contributed by atoms with E-state index in [2.05, 4.69) is 15.3 Å². The highest BCUT2D eigenvalue weighted by molar-refractivity contribution is 7.90. The second-order valence-corrected chi connectivity index (χ2v) is 8.06. The highest BCUT2D eigenvalue weighted by Crippen LogP contribution is 2.18. The summed E-state index contributed by atoms with van der Waals surface area (Å²) >= 11 is 0. The van der Waals surface area contributed by atoms with Crippen molar-refractivity contribution >= 4 is 26.8 Å². The van der Waals surface area contributed by atoms with E-state index in [1.54, 1.807) is 18.3 Å². The van der Waals surface area contributed by atoms with Crippen LogP contribution < -0.4 is 4.72 Å². The van der Waals surface area contributed by atoms with E-state index >= 15 is 0 Å². The van der Waals surface area contributed by atoms with Gasteiger partial charge in [-0.3, -0.25) is 4.79 Å². The number of benzene rings is 1. The number of aromatic nitrogens is 4. The molecule has 0 saturated carbocycles. The Balaban J connectivity index is 1.85. The van der Waals surface area contributed by atoms with Gasteiger partial charge in [-0.05, 0) is 45.0 Å². The summed E-state index contributed by atoms with van der Waals surface area (Å²) in [6.45, 7) is 5.69. The van der Waals surface area contributed by atoms with Crippen LogP contribution >= 0.6 is 0 Å². The number of carbonyl (C=O) groups is 1. The largest absolute Gasteiger partial charge is 0.361 e. The minimum Gasteiger partial charge on any atom is -0.361 e. The normalized spacial score (nSPS) is 12.5. The maximum absolute atomic E-state index is 12.4. The van der Waals surface area contributed by atoms with Crippen molar-refractivity contribution in [2.24, 2.45) is 0 Å². The molecule has 9 heteroatoms. The van der Waals surface area contributed by atoms with Crippen molar-refractivity contribution < 1.29 is 13.2 Å². The first kappa shape index (κ1) is 16.2. The van der Waals surface area contributed by atoms with Crippen LogP contribution in [-0.2, 0) is 15.6 Å². The fourth-order valence-corrected chi connectivity index (χ4v) is 3.12. The quantitative estimate of drug-likeness (QED) is 0.748. The van der Waals surface area contributed by atoms with Crippen molar-refractivity contribution in [2.75, 3.05) is 0 Å². The number of nitrogens with one attached hydrogen (secondary N) is 2. The molecule has 0 spiro atoms.